The van der Waals surface area contributed by atoms with Gasteiger partial charge in [-0.1, -0.05) is 54.6 Å². The Bertz CT molecular complexity index is 2460. The zero-order chi connectivity index (χ0) is 28.4. The first-order chi connectivity index (χ1) is 20.6. The normalized spacial score (nSPS) is 12.0. The summed E-state index contributed by atoms with van der Waals surface area (Å²) in [4.78, 5) is 0.368. The van der Waals surface area contributed by atoms with Crippen molar-refractivity contribution in [2.75, 3.05) is 0 Å². The molecule has 8 aromatic rings. The molecule has 0 bridgehead atoms. The minimum absolute atomic E-state index is 0.162. The molecule has 0 unspecified atom stereocenters. The minimum Gasteiger partial charge on any atom is -0.306 e. The molecule has 0 aliphatic heterocycles. The molecule has 3 heterocycles. The Morgan fingerprint density at radius 2 is 1.00 bits per heavy atom. The first-order valence-corrected chi connectivity index (χ1v) is 15.7. The largest absolute Gasteiger partial charge is 0.306 e. The zero-order valence-electron chi connectivity index (χ0n) is 22.1. The van der Waals surface area contributed by atoms with Crippen LogP contribution in [-0.4, -0.2) is 17.6 Å². The van der Waals surface area contributed by atoms with Crippen LogP contribution in [0, 0.1) is 11.3 Å². The molecule has 7 heteroatoms. The maximum absolute atomic E-state index is 13.4. The quantitative estimate of drug-likeness (QED) is 0.210. The van der Waals surface area contributed by atoms with Crippen LogP contribution < -0.4 is 0 Å². The van der Waals surface area contributed by atoms with Gasteiger partial charge in [-0.15, -0.1) is 11.3 Å². The molecule has 0 amide bonds. The Morgan fingerprint density at radius 1 is 0.548 bits per heavy atom. The molecule has 3 aromatic heterocycles. The molecule has 0 aliphatic carbocycles. The van der Waals surface area contributed by atoms with Gasteiger partial charge in [0, 0.05) is 22.1 Å². The second-order valence-electron chi connectivity index (χ2n) is 10.1. The summed E-state index contributed by atoms with van der Waals surface area (Å²) in [5.41, 5.74) is 6.82. The van der Waals surface area contributed by atoms with Gasteiger partial charge in [0.25, 0.3) is 0 Å². The summed E-state index contributed by atoms with van der Waals surface area (Å²) in [5, 5.41) is 11.5. The predicted octanol–water partition coefficient (Wildman–Crippen LogP) is 8.65. The number of benzene rings is 5. The average Bonchev–Trinajstić information content (AvgIpc) is 3.68. The lowest BCUT2D eigenvalue weighted by atomic mass is 10.2. The molecule has 200 valence electrons. The predicted molar refractivity (Wildman–Crippen MR) is 170 cm³/mol. The summed E-state index contributed by atoms with van der Waals surface area (Å²) in [6.07, 6.45) is 0. The van der Waals surface area contributed by atoms with E-state index in [9.17, 15) is 8.42 Å². The van der Waals surface area contributed by atoms with Crippen molar-refractivity contribution in [2.24, 2.45) is 0 Å². The zero-order valence-corrected chi connectivity index (χ0v) is 23.7. The van der Waals surface area contributed by atoms with E-state index in [1.807, 2.05) is 30.3 Å². The monoisotopic (exact) mass is 579 g/mol. The van der Waals surface area contributed by atoms with Gasteiger partial charge in [0.05, 0.1) is 52.9 Å². The van der Waals surface area contributed by atoms with Crippen LogP contribution in [0.4, 0.5) is 0 Å². The fourth-order valence-corrected chi connectivity index (χ4v) is 8.49. The van der Waals surface area contributed by atoms with E-state index in [4.69, 9.17) is 5.26 Å². The van der Waals surface area contributed by atoms with Crippen LogP contribution >= 0.6 is 11.3 Å². The summed E-state index contributed by atoms with van der Waals surface area (Å²) < 4.78 is 33.8. The summed E-state index contributed by atoms with van der Waals surface area (Å²) in [5.74, 6) is 0. The van der Waals surface area contributed by atoms with Gasteiger partial charge in [-0.25, -0.2) is 8.42 Å². The highest BCUT2D eigenvalue weighted by molar-refractivity contribution is 7.91. The van der Waals surface area contributed by atoms with Crippen molar-refractivity contribution in [3.8, 4) is 17.4 Å². The van der Waals surface area contributed by atoms with Crippen LogP contribution in [0.3, 0.4) is 0 Å². The number of aromatic nitrogens is 2. The first kappa shape index (κ1) is 24.6. The van der Waals surface area contributed by atoms with Crippen LogP contribution in [0.2, 0.25) is 0 Å². The van der Waals surface area contributed by atoms with Crippen LogP contribution in [0.25, 0.3) is 53.6 Å². The van der Waals surface area contributed by atoms with Gasteiger partial charge in [0.1, 0.15) is 0 Å². The highest BCUT2D eigenvalue weighted by Gasteiger charge is 2.24. The number of sulfone groups is 1. The van der Waals surface area contributed by atoms with Gasteiger partial charge >= 0.3 is 0 Å². The van der Waals surface area contributed by atoms with Crippen LogP contribution in [0.1, 0.15) is 5.56 Å². The first-order valence-electron chi connectivity index (χ1n) is 13.4. The molecule has 42 heavy (non-hydrogen) atoms. The highest BCUT2D eigenvalue weighted by atomic mass is 32.2. The molecule has 0 aliphatic rings. The lowest BCUT2D eigenvalue weighted by molar-refractivity contribution is 0.596. The third kappa shape index (κ3) is 3.50. The van der Waals surface area contributed by atoms with E-state index in [1.54, 1.807) is 23.5 Å². The average molecular weight is 580 g/mol. The van der Waals surface area contributed by atoms with Crippen molar-refractivity contribution in [2.45, 2.75) is 9.79 Å². The maximum atomic E-state index is 13.4. The molecule has 5 aromatic carbocycles. The fourth-order valence-electron chi connectivity index (χ4n) is 5.89. The number of nitriles is 1. The molecule has 0 atom stereocenters. The van der Waals surface area contributed by atoms with E-state index in [2.05, 4.69) is 75.9 Å². The van der Waals surface area contributed by atoms with Gasteiger partial charge < -0.3 is 9.13 Å². The Hall–Kier alpha value is -5.16. The van der Waals surface area contributed by atoms with E-state index in [1.165, 1.54) is 39.1 Å². The number of fused-ring (bicyclic) bond motifs is 7. The van der Waals surface area contributed by atoms with Gasteiger partial charge in [-0.3, -0.25) is 0 Å². The van der Waals surface area contributed by atoms with Gasteiger partial charge in [0.2, 0.25) is 9.84 Å². The third-order valence-electron chi connectivity index (χ3n) is 7.80. The summed E-state index contributed by atoms with van der Waals surface area (Å²) >= 11 is 1.80. The third-order valence-corrected chi connectivity index (χ3v) is 10.8. The fraction of sp³-hybridized carbons (Fsp3) is 0. The Labute approximate surface area is 245 Å². The molecular weight excluding hydrogens is 559 g/mol. The molecule has 8 rings (SSSR count). The highest BCUT2D eigenvalue weighted by Crippen LogP contribution is 2.47. The van der Waals surface area contributed by atoms with E-state index >= 15 is 0 Å². The smallest absolute Gasteiger partial charge is 0.206 e. The molecule has 0 saturated heterocycles. The molecule has 0 N–H and O–H groups in total. The number of rotatable bonds is 4. The van der Waals surface area contributed by atoms with Gasteiger partial charge in [-0.2, -0.15) is 5.26 Å². The van der Waals surface area contributed by atoms with Crippen molar-refractivity contribution >= 4 is 63.4 Å². The molecule has 0 radical (unpaired) electrons. The molecule has 5 nitrogen and oxygen atoms in total. The molecule has 0 fully saturated rings. The van der Waals surface area contributed by atoms with Crippen molar-refractivity contribution in [1.82, 2.24) is 9.13 Å². The van der Waals surface area contributed by atoms with Crippen LogP contribution in [0.15, 0.2) is 137 Å². The van der Waals surface area contributed by atoms with Crippen LogP contribution in [-0.2, 0) is 9.84 Å². The molecular formula is C35H21N3O2S2. The molecule has 0 spiro atoms. The second-order valence-corrected chi connectivity index (χ2v) is 13.1. The van der Waals surface area contributed by atoms with E-state index in [0.717, 1.165) is 38.8 Å². The van der Waals surface area contributed by atoms with Crippen molar-refractivity contribution in [3.05, 3.63) is 133 Å². The Kier molecular flexibility index (Phi) is 5.38. The van der Waals surface area contributed by atoms with Crippen molar-refractivity contribution < 1.29 is 8.42 Å². The molecule has 0 saturated carbocycles. The number of para-hydroxylation sites is 3. The standard InChI is InChI=1S/C35H21N3O2S2/c36-22-23-14-18-26(19-15-23)42(39,40)27-20-16-25(17-21-27)38-31-13-7-5-11-29(31)35-33(38)32-34(41-35)28-10-4-6-12-30(28)37(32)24-8-2-1-3-9-24/h1-21H. The van der Waals surface area contributed by atoms with E-state index in [0.29, 0.717) is 5.56 Å². The minimum atomic E-state index is -3.74. The lowest BCUT2D eigenvalue weighted by Crippen LogP contribution is -2.03. The summed E-state index contributed by atoms with van der Waals surface area (Å²) in [7, 11) is -3.74. The summed E-state index contributed by atoms with van der Waals surface area (Å²) in [6.45, 7) is 0. The second kappa shape index (κ2) is 9.18. The maximum Gasteiger partial charge on any atom is 0.206 e. The van der Waals surface area contributed by atoms with Crippen molar-refractivity contribution in [1.29, 1.82) is 5.26 Å². The van der Waals surface area contributed by atoms with Gasteiger partial charge in [0.15, 0.2) is 0 Å². The topological polar surface area (TPSA) is 67.8 Å². The van der Waals surface area contributed by atoms with E-state index < -0.39 is 9.84 Å². The number of hydrogen-bond acceptors (Lipinski definition) is 4. The van der Waals surface area contributed by atoms with Gasteiger partial charge in [-0.05, 0) is 72.8 Å². The van der Waals surface area contributed by atoms with E-state index in [-0.39, 0.29) is 9.79 Å². The summed E-state index contributed by atoms with van der Waals surface area (Å²) in [6, 6.07) is 42.4. The number of nitrogens with zero attached hydrogens (tertiary/aromatic N) is 3. The lowest BCUT2D eigenvalue weighted by Gasteiger charge is -2.11. The van der Waals surface area contributed by atoms with Crippen LogP contribution in [0.5, 0.6) is 0 Å². The number of thiophene rings is 1. The van der Waals surface area contributed by atoms with Crippen molar-refractivity contribution in [3.63, 3.8) is 0 Å². The number of hydrogen-bond donors (Lipinski definition) is 0. The SMILES string of the molecule is N#Cc1ccc(S(=O)(=O)c2ccc(-n3c4ccccc4c4sc5c6ccccc6n(-c6ccccc6)c5c43)cc2)cc1. The Balaban J connectivity index is 1.40. The Morgan fingerprint density at radius 3 is 1.52 bits per heavy atom.